The van der Waals surface area contributed by atoms with Crippen LogP contribution in [0.15, 0.2) is 72.8 Å². The number of nitrogens with zero attached hydrogens (tertiary/aromatic N) is 1. The van der Waals surface area contributed by atoms with Gasteiger partial charge in [0, 0.05) is 30.0 Å². The molecule has 1 fully saturated rings. The second-order valence-corrected chi connectivity index (χ2v) is 14.7. The van der Waals surface area contributed by atoms with E-state index in [4.69, 9.17) is 4.74 Å². The lowest BCUT2D eigenvalue weighted by atomic mass is 9.72. The number of aryl methyl sites for hydroxylation is 1. The number of hydrogen-bond acceptors (Lipinski definition) is 4. The number of likely N-dealkylation sites (tertiary alicyclic amines) is 1. The maximum absolute atomic E-state index is 14.7. The van der Waals surface area contributed by atoms with Crippen molar-refractivity contribution in [2.24, 2.45) is 17.3 Å². The predicted octanol–water partition coefficient (Wildman–Crippen LogP) is 6.96. The molecule has 1 saturated heterocycles. The number of rotatable bonds is 7. The van der Waals surface area contributed by atoms with Crippen LogP contribution in [-0.4, -0.2) is 41.1 Å². The molecule has 3 aromatic rings. The second-order valence-electron chi connectivity index (χ2n) is 14.7. The number of ether oxygens (including phenoxy) is 1. The fraction of sp³-hybridized carbons (Fsp3) is 0.474. The minimum absolute atomic E-state index is 0.0366. The van der Waals surface area contributed by atoms with Crippen molar-refractivity contribution in [1.82, 2.24) is 10.2 Å². The highest BCUT2D eigenvalue weighted by Gasteiger charge is 2.58. The molecule has 6 heteroatoms. The molecule has 1 heterocycles. The molecule has 0 bridgehead atoms. The van der Waals surface area contributed by atoms with E-state index in [0.717, 1.165) is 29.7 Å². The van der Waals surface area contributed by atoms with E-state index in [-0.39, 0.29) is 29.2 Å². The molecule has 1 aliphatic carbocycles. The molecule has 5 atom stereocenters. The molecule has 5 rings (SSSR count). The zero-order valence-electron chi connectivity index (χ0n) is 27.3. The van der Waals surface area contributed by atoms with E-state index < -0.39 is 23.5 Å². The maximum atomic E-state index is 14.7. The van der Waals surface area contributed by atoms with E-state index in [9.17, 15) is 14.7 Å². The van der Waals surface area contributed by atoms with Gasteiger partial charge in [-0.25, -0.2) is 4.79 Å². The molecule has 0 spiro atoms. The van der Waals surface area contributed by atoms with Gasteiger partial charge < -0.3 is 20.1 Å². The smallest absolute Gasteiger partial charge is 0.326 e. The number of nitrogens with one attached hydrogen (secondary N) is 1. The monoisotopic (exact) mass is 596 g/mol. The van der Waals surface area contributed by atoms with E-state index in [1.807, 2.05) is 48.5 Å². The molecule has 0 saturated carbocycles. The molecule has 6 nitrogen and oxygen atoms in total. The summed E-state index contributed by atoms with van der Waals surface area (Å²) in [5.74, 6) is -0.836. The van der Waals surface area contributed by atoms with Crippen LogP contribution in [0, 0.1) is 17.3 Å². The Kier molecular flexibility index (Phi) is 8.95. The Morgan fingerprint density at radius 3 is 2.20 bits per heavy atom. The summed E-state index contributed by atoms with van der Waals surface area (Å²) >= 11 is 0. The van der Waals surface area contributed by atoms with Gasteiger partial charge >= 0.3 is 5.97 Å². The lowest BCUT2D eigenvalue weighted by Gasteiger charge is -2.36. The number of fused-ring (bicyclic) bond motifs is 1. The SMILES string of the molecule is COc1ccc(C(C)(C)C)cc1CN[C@H]1[C@H](C(C)(C)C)[C@@H](C(=O)O)N(C(=O)C2CCc3ccccc3C2)[C@H]1c1ccccc1. The Bertz CT molecular complexity index is 1490. The Labute approximate surface area is 262 Å². The molecule has 0 aromatic heterocycles. The lowest BCUT2D eigenvalue weighted by molar-refractivity contribution is -0.154. The zero-order chi connectivity index (χ0) is 31.8. The number of benzene rings is 3. The summed E-state index contributed by atoms with van der Waals surface area (Å²) in [6.45, 7) is 13.3. The average Bonchev–Trinajstić information content (AvgIpc) is 3.35. The number of carbonyl (C=O) groups is 2. The second kappa shape index (κ2) is 12.4. The van der Waals surface area contributed by atoms with Gasteiger partial charge in [-0.05, 0) is 58.4 Å². The van der Waals surface area contributed by atoms with Gasteiger partial charge in [-0.15, -0.1) is 0 Å². The summed E-state index contributed by atoms with van der Waals surface area (Å²) in [5.41, 5.74) is 5.19. The predicted molar refractivity (Wildman–Crippen MR) is 175 cm³/mol. The molecule has 1 aliphatic heterocycles. The summed E-state index contributed by atoms with van der Waals surface area (Å²) in [4.78, 5) is 29.7. The standard InChI is InChI=1S/C38H48N2O4/c1-37(2,3)29-19-20-30(44-7)28(22-29)23-39-32-31(38(4,5)6)34(36(42)43)40(33(32)25-14-9-8-10-15-25)35(41)27-18-17-24-13-11-12-16-26(24)21-27/h8-16,19-20,22,27,31-34,39H,17-18,21,23H2,1-7H3,(H,42,43)/t27?,31-,32-,33-,34-/m0/s1. The Morgan fingerprint density at radius 1 is 0.932 bits per heavy atom. The fourth-order valence-corrected chi connectivity index (χ4v) is 7.46. The average molecular weight is 597 g/mol. The van der Waals surface area contributed by atoms with Crippen LogP contribution in [0.4, 0.5) is 0 Å². The van der Waals surface area contributed by atoms with Crippen molar-refractivity contribution < 1.29 is 19.4 Å². The Hall–Kier alpha value is -3.64. The van der Waals surface area contributed by atoms with Crippen molar-refractivity contribution >= 4 is 11.9 Å². The van der Waals surface area contributed by atoms with Gasteiger partial charge in [0.05, 0.1) is 13.2 Å². The van der Waals surface area contributed by atoms with Crippen LogP contribution in [0.5, 0.6) is 5.75 Å². The van der Waals surface area contributed by atoms with Crippen molar-refractivity contribution in [3.05, 3.63) is 101 Å². The first-order valence-electron chi connectivity index (χ1n) is 15.9. The van der Waals surface area contributed by atoms with Crippen molar-refractivity contribution in [1.29, 1.82) is 0 Å². The molecule has 234 valence electrons. The quantitative estimate of drug-likeness (QED) is 0.309. The van der Waals surface area contributed by atoms with E-state index in [0.29, 0.717) is 13.0 Å². The minimum atomic E-state index is -0.967. The lowest BCUT2D eigenvalue weighted by Crippen LogP contribution is -2.49. The number of carboxylic acid groups (broad SMARTS) is 1. The zero-order valence-corrected chi connectivity index (χ0v) is 27.3. The Morgan fingerprint density at radius 2 is 1.59 bits per heavy atom. The third-order valence-corrected chi connectivity index (χ3v) is 9.69. The van der Waals surface area contributed by atoms with Gasteiger partial charge in [-0.3, -0.25) is 4.79 Å². The number of carbonyl (C=O) groups excluding carboxylic acids is 1. The minimum Gasteiger partial charge on any atom is -0.496 e. The third-order valence-electron chi connectivity index (χ3n) is 9.69. The molecular formula is C38H48N2O4. The summed E-state index contributed by atoms with van der Waals surface area (Å²) in [6, 6.07) is 22.9. The van der Waals surface area contributed by atoms with Crippen molar-refractivity contribution in [3.8, 4) is 5.75 Å². The summed E-state index contributed by atoms with van der Waals surface area (Å²) in [5, 5.41) is 14.7. The maximum Gasteiger partial charge on any atom is 0.326 e. The van der Waals surface area contributed by atoms with Crippen LogP contribution < -0.4 is 10.1 Å². The first-order valence-corrected chi connectivity index (χ1v) is 15.9. The third kappa shape index (κ3) is 6.28. The Balaban J connectivity index is 1.58. The van der Waals surface area contributed by atoms with Crippen LogP contribution in [0.25, 0.3) is 0 Å². The molecular weight excluding hydrogens is 548 g/mol. The fourth-order valence-electron chi connectivity index (χ4n) is 7.46. The van der Waals surface area contributed by atoms with E-state index in [1.54, 1.807) is 12.0 Å². The molecule has 1 amide bonds. The van der Waals surface area contributed by atoms with Gasteiger partial charge in [0.15, 0.2) is 0 Å². The van der Waals surface area contributed by atoms with E-state index in [1.165, 1.54) is 16.7 Å². The van der Waals surface area contributed by atoms with Gasteiger partial charge in [0.1, 0.15) is 11.8 Å². The van der Waals surface area contributed by atoms with Gasteiger partial charge in [0.2, 0.25) is 5.91 Å². The first kappa shape index (κ1) is 31.8. The van der Waals surface area contributed by atoms with Crippen LogP contribution in [0.1, 0.15) is 81.8 Å². The highest BCUT2D eigenvalue weighted by Crippen LogP contribution is 2.49. The largest absolute Gasteiger partial charge is 0.496 e. The summed E-state index contributed by atoms with van der Waals surface area (Å²) < 4.78 is 5.76. The first-order chi connectivity index (χ1) is 20.8. The topological polar surface area (TPSA) is 78.9 Å². The van der Waals surface area contributed by atoms with Crippen LogP contribution in [0.3, 0.4) is 0 Å². The van der Waals surface area contributed by atoms with Gasteiger partial charge in [-0.1, -0.05) is 108 Å². The number of hydrogen-bond donors (Lipinski definition) is 2. The molecule has 2 aliphatic rings. The molecule has 0 radical (unpaired) electrons. The molecule has 3 aromatic carbocycles. The molecule has 1 unspecified atom stereocenters. The van der Waals surface area contributed by atoms with E-state index in [2.05, 4.69) is 71.1 Å². The van der Waals surface area contributed by atoms with Crippen molar-refractivity contribution in [2.75, 3.05) is 7.11 Å². The number of aliphatic carboxylic acids is 1. The van der Waals surface area contributed by atoms with Crippen LogP contribution in [-0.2, 0) is 34.4 Å². The van der Waals surface area contributed by atoms with E-state index >= 15 is 0 Å². The summed E-state index contributed by atoms with van der Waals surface area (Å²) in [6.07, 6.45) is 2.17. The van der Waals surface area contributed by atoms with Crippen molar-refractivity contribution in [2.45, 2.75) is 90.9 Å². The van der Waals surface area contributed by atoms with Crippen LogP contribution in [0.2, 0.25) is 0 Å². The van der Waals surface area contributed by atoms with Crippen molar-refractivity contribution in [3.63, 3.8) is 0 Å². The number of carboxylic acids is 1. The number of methoxy groups -OCH3 is 1. The highest BCUT2D eigenvalue weighted by molar-refractivity contribution is 5.87. The van der Waals surface area contributed by atoms with Gasteiger partial charge in [0.25, 0.3) is 0 Å². The van der Waals surface area contributed by atoms with Gasteiger partial charge in [-0.2, -0.15) is 0 Å². The number of amides is 1. The highest BCUT2D eigenvalue weighted by atomic mass is 16.5. The molecule has 44 heavy (non-hydrogen) atoms. The van der Waals surface area contributed by atoms with Crippen LogP contribution >= 0.6 is 0 Å². The normalized spacial score (nSPS) is 23.7. The summed E-state index contributed by atoms with van der Waals surface area (Å²) in [7, 11) is 1.68. The molecule has 2 N–H and O–H groups in total.